The molecule has 4 N–H and O–H groups in total. The molecule has 0 spiro atoms. The van der Waals surface area contributed by atoms with Crippen molar-refractivity contribution in [1.82, 2.24) is 15.2 Å². The van der Waals surface area contributed by atoms with Crippen molar-refractivity contribution in [2.24, 2.45) is 5.73 Å². The molecular formula is C13H17N5O2. The van der Waals surface area contributed by atoms with Crippen LogP contribution in [0.4, 0.5) is 5.69 Å². The summed E-state index contributed by atoms with van der Waals surface area (Å²) in [4.78, 5) is 15.9. The van der Waals surface area contributed by atoms with Crippen molar-refractivity contribution in [2.75, 3.05) is 12.4 Å². The van der Waals surface area contributed by atoms with Gasteiger partial charge in [-0.1, -0.05) is 0 Å². The third-order valence-electron chi connectivity index (χ3n) is 2.86. The number of H-pyrrole nitrogens is 1. The lowest BCUT2D eigenvalue weighted by Crippen LogP contribution is -2.26. The Bertz CT molecular complexity index is 579. The number of aromatic nitrogens is 3. The predicted molar refractivity (Wildman–Crippen MR) is 74.8 cm³/mol. The van der Waals surface area contributed by atoms with E-state index in [0.29, 0.717) is 23.9 Å². The molecule has 0 aliphatic rings. The molecule has 0 radical (unpaired) electrons. The largest absolute Gasteiger partial charge is 0.372 e. The van der Waals surface area contributed by atoms with E-state index in [9.17, 15) is 4.79 Å². The van der Waals surface area contributed by atoms with Gasteiger partial charge in [0.15, 0.2) is 5.82 Å². The monoisotopic (exact) mass is 275 g/mol. The standard InChI is InChI=1S/C13H17N5O2/c1-8(20-2)13(19)15-10-5-3-9(4-6-10)12-16-11(7-14)17-18-12/h3-6,8H,7,14H2,1-2H3,(H,15,19)(H,16,17,18). The fourth-order valence-electron chi connectivity index (χ4n) is 1.57. The van der Waals surface area contributed by atoms with Crippen LogP contribution in [0.3, 0.4) is 0 Å². The second kappa shape index (κ2) is 6.27. The number of hydrogen-bond acceptors (Lipinski definition) is 5. The summed E-state index contributed by atoms with van der Waals surface area (Å²) in [5.41, 5.74) is 7.01. The number of amides is 1. The minimum absolute atomic E-state index is 0.191. The molecule has 106 valence electrons. The number of carbonyl (C=O) groups excluding carboxylic acids is 1. The molecule has 1 atom stereocenters. The van der Waals surface area contributed by atoms with Crippen LogP contribution in [-0.4, -0.2) is 34.3 Å². The SMILES string of the molecule is COC(C)C(=O)Nc1ccc(-c2n[nH]c(CN)n2)cc1. The lowest BCUT2D eigenvalue weighted by atomic mass is 10.2. The van der Waals surface area contributed by atoms with Gasteiger partial charge in [-0.2, -0.15) is 5.10 Å². The molecule has 0 aliphatic heterocycles. The summed E-state index contributed by atoms with van der Waals surface area (Å²) in [6, 6.07) is 7.23. The van der Waals surface area contributed by atoms with Crippen LogP contribution in [0.15, 0.2) is 24.3 Å². The number of ether oxygens (including phenoxy) is 1. The van der Waals surface area contributed by atoms with Crippen molar-refractivity contribution < 1.29 is 9.53 Å². The number of hydrogen-bond donors (Lipinski definition) is 3. The van der Waals surface area contributed by atoms with Gasteiger partial charge < -0.3 is 15.8 Å². The van der Waals surface area contributed by atoms with Gasteiger partial charge in [0.2, 0.25) is 0 Å². The van der Waals surface area contributed by atoms with Gasteiger partial charge in [-0.3, -0.25) is 9.89 Å². The number of carbonyl (C=O) groups is 1. The Hall–Kier alpha value is -2.25. The molecule has 0 saturated carbocycles. The van der Waals surface area contributed by atoms with Gasteiger partial charge in [-0.25, -0.2) is 4.98 Å². The third kappa shape index (κ3) is 3.19. The number of nitrogens with zero attached hydrogens (tertiary/aromatic N) is 2. The number of aromatic amines is 1. The Balaban J connectivity index is 2.08. The van der Waals surface area contributed by atoms with Gasteiger partial charge in [-0.15, -0.1) is 0 Å². The van der Waals surface area contributed by atoms with Gasteiger partial charge >= 0.3 is 0 Å². The highest BCUT2D eigenvalue weighted by molar-refractivity contribution is 5.94. The Labute approximate surface area is 116 Å². The summed E-state index contributed by atoms with van der Waals surface area (Å²) in [7, 11) is 1.49. The third-order valence-corrected chi connectivity index (χ3v) is 2.86. The molecule has 0 saturated heterocycles. The van der Waals surface area contributed by atoms with Crippen LogP contribution < -0.4 is 11.1 Å². The van der Waals surface area contributed by atoms with Crippen LogP contribution in [0.2, 0.25) is 0 Å². The van der Waals surface area contributed by atoms with E-state index in [4.69, 9.17) is 10.5 Å². The molecule has 1 amide bonds. The number of methoxy groups -OCH3 is 1. The first-order chi connectivity index (χ1) is 9.63. The second-order valence-electron chi connectivity index (χ2n) is 4.25. The van der Waals surface area contributed by atoms with E-state index in [0.717, 1.165) is 5.56 Å². The van der Waals surface area contributed by atoms with E-state index in [2.05, 4.69) is 20.5 Å². The zero-order valence-corrected chi connectivity index (χ0v) is 11.4. The number of nitrogens with two attached hydrogens (primary N) is 1. The zero-order valence-electron chi connectivity index (χ0n) is 11.4. The smallest absolute Gasteiger partial charge is 0.253 e. The van der Waals surface area contributed by atoms with Crippen LogP contribution in [0.25, 0.3) is 11.4 Å². The van der Waals surface area contributed by atoms with Gasteiger partial charge in [0.1, 0.15) is 11.9 Å². The molecule has 0 bridgehead atoms. The molecule has 7 heteroatoms. The first-order valence-electron chi connectivity index (χ1n) is 6.19. The molecule has 1 aromatic carbocycles. The Morgan fingerprint density at radius 2 is 2.15 bits per heavy atom. The molecule has 20 heavy (non-hydrogen) atoms. The van der Waals surface area contributed by atoms with E-state index in [1.54, 1.807) is 19.1 Å². The maximum atomic E-state index is 11.7. The van der Waals surface area contributed by atoms with E-state index in [-0.39, 0.29) is 5.91 Å². The fourth-order valence-corrected chi connectivity index (χ4v) is 1.57. The Morgan fingerprint density at radius 3 is 2.70 bits per heavy atom. The summed E-state index contributed by atoms with van der Waals surface area (Å²) in [6.45, 7) is 2.00. The number of nitrogens with one attached hydrogen (secondary N) is 2. The average Bonchev–Trinajstić information content (AvgIpc) is 2.96. The summed E-state index contributed by atoms with van der Waals surface area (Å²) in [5.74, 6) is 1.02. The molecule has 1 aromatic heterocycles. The molecule has 0 aliphatic carbocycles. The van der Waals surface area contributed by atoms with Crippen LogP contribution in [0.1, 0.15) is 12.7 Å². The highest BCUT2D eigenvalue weighted by atomic mass is 16.5. The second-order valence-corrected chi connectivity index (χ2v) is 4.25. The Kier molecular flexibility index (Phi) is 4.44. The van der Waals surface area contributed by atoms with Crippen molar-refractivity contribution >= 4 is 11.6 Å². The van der Waals surface area contributed by atoms with Crippen LogP contribution >= 0.6 is 0 Å². The van der Waals surface area contributed by atoms with Crippen molar-refractivity contribution in [3.05, 3.63) is 30.1 Å². The normalized spacial score (nSPS) is 12.2. The lowest BCUT2D eigenvalue weighted by Gasteiger charge is -2.10. The van der Waals surface area contributed by atoms with Crippen molar-refractivity contribution in [3.63, 3.8) is 0 Å². The molecule has 1 heterocycles. The number of anilines is 1. The molecule has 2 rings (SSSR count). The summed E-state index contributed by atoms with van der Waals surface area (Å²) in [6.07, 6.45) is -0.491. The molecule has 7 nitrogen and oxygen atoms in total. The van der Waals surface area contributed by atoms with Crippen LogP contribution in [-0.2, 0) is 16.1 Å². The molecule has 2 aromatic rings. The maximum Gasteiger partial charge on any atom is 0.253 e. The van der Waals surface area contributed by atoms with Crippen molar-refractivity contribution in [3.8, 4) is 11.4 Å². The lowest BCUT2D eigenvalue weighted by molar-refractivity contribution is -0.124. The minimum Gasteiger partial charge on any atom is -0.372 e. The van der Waals surface area contributed by atoms with E-state index in [1.165, 1.54) is 7.11 Å². The molecule has 0 fully saturated rings. The minimum atomic E-state index is -0.491. The first kappa shape index (κ1) is 14.2. The summed E-state index contributed by atoms with van der Waals surface area (Å²) < 4.78 is 4.94. The van der Waals surface area contributed by atoms with Gasteiger partial charge in [0.25, 0.3) is 5.91 Å². The summed E-state index contributed by atoms with van der Waals surface area (Å²) in [5, 5.41) is 9.57. The number of rotatable bonds is 5. The van der Waals surface area contributed by atoms with Crippen LogP contribution in [0.5, 0.6) is 0 Å². The first-order valence-corrected chi connectivity index (χ1v) is 6.19. The van der Waals surface area contributed by atoms with Gasteiger partial charge in [0.05, 0.1) is 6.54 Å². The van der Waals surface area contributed by atoms with E-state index < -0.39 is 6.10 Å². The quantitative estimate of drug-likeness (QED) is 0.752. The van der Waals surface area contributed by atoms with Crippen LogP contribution in [0, 0.1) is 0 Å². The van der Waals surface area contributed by atoms with Gasteiger partial charge in [0, 0.05) is 18.4 Å². The zero-order chi connectivity index (χ0) is 14.5. The van der Waals surface area contributed by atoms with E-state index in [1.807, 2.05) is 12.1 Å². The van der Waals surface area contributed by atoms with Crippen molar-refractivity contribution in [2.45, 2.75) is 19.6 Å². The van der Waals surface area contributed by atoms with Gasteiger partial charge in [-0.05, 0) is 31.2 Å². The summed E-state index contributed by atoms with van der Waals surface area (Å²) >= 11 is 0. The maximum absolute atomic E-state index is 11.7. The highest BCUT2D eigenvalue weighted by Crippen LogP contribution is 2.18. The topological polar surface area (TPSA) is 106 Å². The molecular weight excluding hydrogens is 258 g/mol. The van der Waals surface area contributed by atoms with E-state index >= 15 is 0 Å². The predicted octanol–water partition coefficient (Wildman–Crippen LogP) is 0.904. The number of benzene rings is 1. The fraction of sp³-hybridized carbons (Fsp3) is 0.308. The average molecular weight is 275 g/mol. The molecule has 1 unspecified atom stereocenters. The highest BCUT2D eigenvalue weighted by Gasteiger charge is 2.11. The Morgan fingerprint density at radius 1 is 1.45 bits per heavy atom. The van der Waals surface area contributed by atoms with Crippen molar-refractivity contribution in [1.29, 1.82) is 0 Å².